The summed E-state index contributed by atoms with van der Waals surface area (Å²) in [5, 5.41) is 0. The van der Waals surface area contributed by atoms with Crippen LogP contribution >= 0.6 is 0 Å². The van der Waals surface area contributed by atoms with Crippen molar-refractivity contribution in [3.8, 4) is 0 Å². The van der Waals surface area contributed by atoms with Gasteiger partial charge in [-0.05, 0) is 67.2 Å². The molecule has 0 atom stereocenters. The van der Waals surface area contributed by atoms with E-state index in [0.717, 1.165) is 18.3 Å². The molecule has 0 saturated heterocycles. The average Bonchev–Trinajstić information content (AvgIpc) is 2.57. The summed E-state index contributed by atoms with van der Waals surface area (Å²) in [4.78, 5) is 11.1. The highest BCUT2D eigenvalue weighted by Crippen LogP contribution is 2.36. The largest absolute Gasteiger partial charge is 0.366 e. The van der Waals surface area contributed by atoms with Gasteiger partial charge in [0.2, 0.25) is 5.91 Å². The molecule has 0 spiro atoms. The van der Waals surface area contributed by atoms with Crippen molar-refractivity contribution < 1.29 is 4.79 Å². The van der Waals surface area contributed by atoms with Crippen LogP contribution in [-0.2, 0) is 6.42 Å². The molecule has 0 radical (unpaired) electrons. The second-order valence-electron chi connectivity index (χ2n) is 6.39. The third kappa shape index (κ3) is 3.56. The summed E-state index contributed by atoms with van der Waals surface area (Å²) < 4.78 is 0. The number of rotatable bonds is 4. The van der Waals surface area contributed by atoms with Crippen LogP contribution in [0.4, 0.5) is 0 Å². The third-order valence-corrected chi connectivity index (χ3v) is 4.88. The minimum absolute atomic E-state index is 0.352. The molecular formula is C20H23NO. The molecule has 0 aliphatic heterocycles. The molecule has 1 aliphatic rings. The van der Waals surface area contributed by atoms with Gasteiger partial charge in [-0.3, -0.25) is 4.79 Å². The monoisotopic (exact) mass is 293 g/mol. The summed E-state index contributed by atoms with van der Waals surface area (Å²) in [7, 11) is 0. The Balaban J connectivity index is 1.54. The summed E-state index contributed by atoms with van der Waals surface area (Å²) >= 11 is 0. The lowest BCUT2D eigenvalue weighted by atomic mass is 9.76. The predicted molar refractivity (Wildman–Crippen MR) is 89.8 cm³/mol. The van der Waals surface area contributed by atoms with Crippen LogP contribution in [0, 0.1) is 5.92 Å². The van der Waals surface area contributed by atoms with Crippen molar-refractivity contribution >= 4 is 5.91 Å². The number of amides is 1. The first kappa shape index (κ1) is 14.8. The Morgan fingerprint density at radius 1 is 0.909 bits per heavy atom. The standard InChI is InChI=1S/C20H23NO/c21-20(22)19-12-8-16(9-13-19)14-15-6-10-18(11-7-15)17-4-2-1-3-5-17/h1-5,8-9,12-13,15,18H,6-7,10-11,14H2,(H2,21,22). The van der Waals surface area contributed by atoms with Crippen LogP contribution in [0.3, 0.4) is 0 Å². The van der Waals surface area contributed by atoms with Crippen LogP contribution in [0.5, 0.6) is 0 Å². The normalized spacial score (nSPS) is 21.5. The molecule has 2 aromatic carbocycles. The van der Waals surface area contributed by atoms with Crippen molar-refractivity contribution in [2.75, 3.05) is 0 Å². The summed E-state index contributed by atoms with van der Waals surface area (Å²) in [6.07, 6.45) is 6.26. The Kier molecular flexibility index (Phi) is 4.57. The molecule has 3 rings (SSSR count). The van der Waals surface area contributed by atoms with Gasteiger partial charge in [0.15, 0.2) is 0 Å². The fraction of sp³-hybridized carbons (Fsp3) is 0.350. The summed E-state index contributed by atoms with van der Waals surface area (Å²) in [6, 6.07) is 18.7. The molecule has 2 nitrogen and oxygen atoms in total. The van der Waals surface area contributed by atoms with Gasteiger partial charge in [0.1, 0.15) is 0 Å². The lowest BCUT2D eigenvalue weighted by Crippen LogP contribution is -2.15. The number of hydrogen-bond acceptors (Lipinski definition) is 1. The molecule has 1 amide bonds. The number of primary amides is 1. The zero-order valence-corrected chi connectivity index (χ0v) is 12.9. The highest BCUT2D eigenvalue weighted by molar-refractivity contribution is 5.92. The second-order valence-corrected chi connectivity index (χ2v) is 6.39. The van der Waals surface area contributed by atoms with Crippen LogP contribution < -0.4 is 5.73 Å². The van der Waals surface area contributed by atoms with Crippen molar-refractivity contribution in [2.24, 2.45) is 11.7 Å². The maximum absolute atomic E-state index is 11.1. The van der Waals surface area contributed by atoms with Gasteiger partial charge in [0.05, 0.1) is 0 Å². The van der Waals surface area contributed by atoms with Crippen LogP contribution in [0.25, 0.3) is 0 Å². The van der Waals surface area contributed by atoms with Crippen molar-refractivity contribution in [2.45, 2.75) is 38.0 Å². The highest BCUT2D eigenvalue weighted by Gasteiger charge is 2.22. The number of hydrogen-bond donors (Lipinski definition) is 1. The zero-order chi connectivity index (χ0) is 15.4. The average molecular weight is 293 g/mol. The molecule has 0 aromatic heterocycles. The summed E-state index contributed by atoms with van der Waals surface area (Å²) in [5.41, 5.74) is 8.68. The minimum Gasteiger partial charge on any atom is -0.366 e. The van der Waals surface area contributed by atoms with Gasteiger partial charge in [-0.25, -0.2) is 0 Å². The van der Waals surface area contributed by atoms with Gasteiger partial charge in [-0.15, -0.1) is 0 Å². The van der Waals surface area contributed by atoms with Crippen LogP contribution in [0.15, 0.2) is 54.6 Å². The minimum atomic E-state index is -0.352. The predicted octanol–water partition coefficient (Wildman–Crippen LogP) is 4.30. The lowest BCUT2D eigenvalue weighted by Gasteiger charge is -2.29. The number of benzene rings is 2. The van der Waals surface area contributed by atoms with Gasteiger partial charge < -0.3 is 5.73 Å². The molecule has 0 unspecified atom stereocenters. The Hall–Kier alpha value is -2.09. The summed E-state index contributed by atoms with van der Waals surface area (Å²) in [6.45, 7) is 0. The maximum atomic E-state index is 11.1. The number of carbonyl (C=O) groups excluding carboxylic acids is 1. The third-order valence-electron chi connectivity index (χ3n) is 4.88. The number of nitrogens with two attached hydrogens (primary N) is 1. The molecule has 1 fully saturated rings. The van der Waals surface area contributed by atoms with Crippen molar-refractivity contribution in [1.29, 1.82) is 0 Å². The molecule has 22 heavy (non-hydrogen) atoms. The van der Waals surface area contributed by atoms with Crippen LogP contribution in [0.2, 0.25) is 0 Å². The Morgan fingerprint density at radius 3 is 2.14 bits per heavy atom. The molecule has 2 N–H and O–H groups in total. The molecule has 2 heteroatoms. The maximum Gasteiger partial charge on any atom is 0.248 e. The van der Waals surface area contributed by atoms with E-state index in [9.17, 15) is 4.79 Å². The van der Waals surface area contributed by atoms with Gasteiger partial charge in [0.25, 0.3) is 0 Å². The van der Waals surface area contributed by atoms with Gasteiger partial charge in [-0.1, -0.05) is 42.5 Å². The lowest BCUT2D eigenvalue weighted by molar-refractivity contribution is 0.100. The molecule has 2 aromatic rings. The van der Waals surface area contributed by atoms with E-state index in [1.807, 2.05) is 24.3 Å². The van der Waals surface area contributed by atoms with E-state index in [0.29, 0.717) is 5.56 Å². The van der Waals surface area contributed by atoms with Crippen LogP contribution in [-0.4, -0.2) is 5.91 Å². The molecule has 114 valence electrons. The second kappa shape index (κ2) is 6.78. The Labute approximate surface area is 132 Å². The first-order valence-corrected chi connectivity index (χ1v) is 8.16. The first-order valence-electron chi connectivity index (χ1n) is 8.16. The van der Waals surface area contributed by atoms with Crippen molar-refractivity contribution in [3.05, 3.63) is 71.3 Å². The van der Waals surface area contributed by atoms with E-state index >= 15 is 0 Å². The van der Waals surface area contributed by atoms with Crippen molar-refractivity contribution in [1.82, 2.24) is 0 Å². The molecular weight excluding hydrogens is 270 g/mol. The van der Waals surface area contributed by atoms with Gasteiger partial charge in [0, 0.05) is 5.56 Å². The SMILES string of the molecule is NC(=O)c1ccc(CC2CCC(c3ccccc3)CC2)cc1. The van der Waals surface area contributed by atoms with Gasteiger partial charge in [-0.2, -0.15) is 0 Å². The van der Waals surface area contributed by atoms with Gasteiger partial charge >= 0.3 is 0 Å². The molecule has 1 aliphatic carbocycles. The summed E-state index contributed by atoms with van der Waals surface area (Å²) in [5.74, 6) is 1.14. The van der Waals surface area contributed by atoms with E-state index in [1.54, 1.807) is 0 Å². The van der Waals surface area contributed by atoms with E-state index in [1.165, 1.54) is 36.8 Å². The van der Waals surface area contributed by atoms with Crippen molar-refractivity contribution in [3.63, 3.8) is 0 Å². The zero-order valence-electron chi connectivity index (χ0n) is 12.9. The first-order chi connectivity index (χ1) is 10.7. The van der Waals surface area contributed by atoms with E-state index in [-0.39, 0.29) is 5.91 Å². The molecule has 0 heterocycles. The smallest absolute Gasteiger partial charge is 0.248 e. The van der Waals surface area contributed by atoms with E-state index in [2.05, 4.69) is 30.3 Å². The number of carbonyl (C=O) groups is 1. The Bertz CT molecular complexity index is 610. The quantitative estimate of drug-likeness (QED) is 0.897. The fourth-order valence-corrected chi connectivity index (χ4v) is 3.56. The van der Waals surface area contributed by atoms with E-state index < -0.39 is 0 Å². The topological polar surface area (TPSA) is 43.1 Å². The molecule has 1 saturated carbocycles. The molecule has 0 bridgehead atoms. The van der Waals surface area contributed by atoms with Crippen LogP contribution in [0.1, 0.15) is 53.1 Å². The highest BCUT2D eigenvalue weighted by atomic mass is 16.1. The Morgan fingerprint density at radius 2 is 1.55 bits per heavy atom. The van der Waals surface area contributed by atoms with E-state index in [4.69, 9.17) is 5.73 Å². The fourth-order valence-electron chi connectivity index (χ4n) is 3.56.